The molecule has 0 unspecified atom stereocenters. The lowest BCUT2D eigenvalue weighted by Crippen LogP contribution is -2.35. The third kappa shape index (κ3) is 6.91. The Morgan fingerprint density at radius 1 is 0.978 bits per heavy atom. The molecule has 2 amide bonds. The second-order valence-corrected chi connectivity index (χ2v) is 14.9. The number of anilines is 2. The molecule has 3 N–H and O–H groups in total. The number of nitrogens with one attached hydrogen (secondary N) is 3. The number of fused-ring (bicyclic) bond motifs is 2. The third-order valence-corrected chi connectivity index (χ3v) is 9.21. The van der Waals surface area contributed by atoms with Gasteiger partial charge in [-0.05, 0) is 91.7 Å². The van der Waals surface area contributed by atoms with Gasteiger partial charge in [-0.15, -0.1) is 10.2 Å². The maximum Gasteiger partial charge on any atom is 0.319 e. The molecule has 1 aliphatic heterocycles. The van der Waals surface area contributed by atoms with E-state index < -0.39 is 10.0 Å². The minimum Gasteiger partial charge on any atom is -0.484 e. The van der Waals surface area contributed by atoms with Crippen molar-refractivity contribution in [2.75, 3.05) is 29.9 Å². The van der Waals surface area contributed by atoms with E-state index in [9.17, 15) is 13.2 Å². The molecule has 0 saturated carbocycles. The molecule has 6 rings (SSSR count). The number of carbonyl (C=O) groups is 1. The molecule has 2 aliphatic rings. The molecule has 2 aromatic carbocycles. The van der Waals surface area contributed by atoms with E-state index in [1.807, 2.05) is 67.8 Å². The van der Waals surface area contributed by atoms with Gasteiger partial charge in [-0.2, -0.15) is 0 Å². The molecule has 4 aromatic rings. The molecule has 0 spiro atoms. The Kier molecular flexibility index (Phi) is 8.21. The van der Waals surface area contributed by atoms with E-state index in [0.29, 0.717) is 24.2 Å². The number of likely N-dealkylation sites (tertiary alicyclic amines) is 1. The zero-order valence-electron chi connectivity index (χ0n) is 26.4. The van der Waals surface area contributed by atoms with Crippen molar-refractivity contribution in [3.63, 3.8) is 0 Å². The van der Waals surface area contributed by atoms with Crippen LogP contribution in [-0.2, 0) is 15.4 Å². The minimum absolute atomic E-state index is 0.179. The van der Waals surface area contributed by atoms with E-state index in [1.54, 1.807) is 12.1 Å². The average Bonchev–Trinajstić information content (AvgIpc) is 3.58. The van der Waals surface area contributed by atoms with Crippen LogP contribution in [0.1, 0.15) is 87.2 Å². The molecule has 238 valence electrons. The summed E-state index contributed by atoms with van der Waals surface area (Å²) in [6.07, 6.45) is 6.50. The predicted octanol–water partition coefficient (Wildman–Crippen LogP) is 5.94. The molecule has 0 radical (unpaired) electrons. The summed E-state index contributed by atoms with van der Waals surface area (Å²) >= 11 is 0. The van der Waals surface area contributed by atoms with Crippen molar-refractivity contribution in [2.45, 2.75) is 70.1 Å². The Bertz CT molecular complexity index is 1830. The van der Waals surface area contributed by atoms with E-state index in [4.69, 9.17) is 4.74 Å². The molecule has 45 heavy (non-hydrogen) atoms. The van der Waals surface area contributed by atoms with Crippen molar-refractivity contribution in [1.82, 2.24) is 24.8 Å². The molecule has 1 aliphatic carbocycles. The number of benzene rings is 2. The van der Waals surface area contributed by atoms with Gasteiger partial charge in [0.15, 0.2) is 11.5 Å². The second kappa shape index (κ2) is 12.0. The van der Waals surface area contributed by atoms with Gasteiger partial charge in [0.05, 0.1) is 30.2 Å². The number of pyridine rings is 1. The molecule has 1 saturated heterocycles. The van der Waals surface area contributed by atoms with E-state index in [0.717, 1.165) is 59.6 Å². The highest BCUT2D eigenvalue weighted by atomic mass is 32.2. The first kappa shape index (κ1) is 30.8. The van der Waals surface area contributed by atoms with Crippen molar-refractivity contribution in [2.24, 2.45) is 0 Å². The van der Waals surface area contributed by atoms with Crippen LogP contribution in [0.5, 0.6) is 5.75 Å². The summed E-state index contributed by atoms with van der Waals surface area (Å²) in [7, 11) is -1.36. The summed E-state index contributed by atoms with van der Waals surface area (Å²) in [5.41, 5.74) is 4.37. The standard InChI is InChI=1S/C33H41N7O4S/c1-33(2,3)21-17-22(19-23(18-21)38-45(5,42)43)34-32(41)35-27-13-14-29(26-10-7-6-9-25(26)27)44-24-12-15-30-36-37-31(40(30)20-24)28-11-8-16-39(28)4/h6-7,9-10,12,15,17-20,27-29,38H,8,11,13-14,16H2,1-5H3,(H2,34,35,41)/t27-,28-,29+/m0/s1. The molecular weight excluding hydrogens is 590 g/mol. The summed E-state index contributed by atoms with van der Waals surface area (Å²) in [4.78, 5) is 15.6. The summed E-state index contributed by atoms with van der Waals surface area (Å²) in [6, 6.07) is 16.9. The fraction of sp³-hybridized carbons (Fsp3) is 0.424. The lowest BCUT2D eigenvalue weighted by atomic mass is 9.85. The van der Waals surface area contributed by atoms with E-state index in [-0.39, 0.29) is 29.6 Å². The van der Waals surface area contributed by atoms with Gasteiger partial charge < -0.3 is 15.4 Å². The highest BCUT2D eigenvalue weighted by Crippen LogP contribution is 2.39. The van der Waals surface area contributed by atoms with Crippen LogP contribution in [0, 0.1) is 0 Å². The van der Waals surface area contributed by atoms with Crippen molar-refractivity contribution >= 4 is 33.1 Å². The van der Waals surface area contributed by atoms with Crippen LogP contribution in [0.2, 0.25) is 0 Å². The van der Waals surface area contributed by atoms with E-state index in [2.05, 4.69) is 43.6 Å². The SMILES string of the molecule is CN1CCC[C@H]1c1nnc2ccc(O[C@@H]3CC[C@H](NC(=O)Nc4cc(NS(C)(=O)=O)cc(C(C)(C)C)c4)c4ccccc43)cn12. The number of carbonyl (C=O) groups excluding carboxylic acids is 1. The first-order chi connectivity index (χ1) is 21.3. The number of rotatable bonds is 7. The maximum atomic E-state index is 13.3. The molecule has 11 nitrogen and oxygen atoms in total. The van der Waals surface area contributed by atoms with Gasteiger partial charge in [0, 0.05) is 5.69 Å². The molecule has 1 fully saturated rings. The molecule has 2 aromatic heterocycles. The first-order valence-corrected chi connectivity index (χ1v) is 17.2. The number of amides is 2. The molecule has 3 heterocycles. The fourth-order valence-electron chi connectivity index (χ4n) is 6.34. The number of sulfonamides is 1. The van der Waals surface area contributed by atoms with E-state index >= 15 is 0 Å². The van der Waals surface area contributed by atoms with Crippen LogP contribution in [0.4, 0.5) is 16.2 Å². The molecule has 0 bridgehead atoms. The number of hydrogen-bond acceptors (Lipinski definition) is 7. The van der Waals surface area contributed by atoms with Gasteiger partial charge >= 0.3 is 6.03 Å². The summed E-state index contributed by atoms with van der Waals surface area (Å²) < 4.78 is 35.0. The number of ether oxygens (including phenoxy) is 1. The quantitative estimate of drug-likeness (QED) is 0.230. The highest BCUT2D eigenvalue weighted by molar-refractivity contribution is 7.92. The van der Waals surface area contributed by atoms with Gasteiger partial charge in [-0.1, -0.05) is 45.0 Å². The summed E-state index contributed by atoms with van der Waals surface area (Å²) in [6.45, 7) is 7.15. The van der Waals surface area contributed by atoms with Crippen LogP contribution >= 0.6 is 0 Å². The van der Waals surface area contributed by atoms with Crippen LogP contribution in [0.15, 0.2) is 60.8 Å². The van der Waals surface area contributed by atoms with Crippen molar-refractivity contribution in [1.29, 1.82) is 0 Å². The highest BCUT2D eigenvalue weighted by Gasteiger charge is 2.31. The third-order valence-electron chi connectivity index (χ3n) is 8.60. The van der Waals surface area contributed by atoms with Crippen molar-refractivity contribution in [3.05, 3.63) is 83.3 Å². The number of hydrogen-bond donors (Lipinski definition) is 3. The molecular formula is C33H41N7O4S. The minimum atomic E-state index is -3.48. The first-order valence-electron chi connectivity index (χ1n) is 15.4. The van der Waals surface area contributed by atoms with Crippen LogP contribution in [0.25, 0.3) is 5.65 Å². The fourth-order valence-corrected chi connectivity index (χ4v) is 6.89. The Hall–Kier alpha value is -4.16. The molecule has 3 atom stereocenters. The van der Waals surface area contributed by atoms with Crippen molar-refractivity contribution in [3.8, 4) is 5.75 Å². The van der Waals surface area contributed by atoms with Gasteiger partial charge in [-0.3, -0.25) is 14.0 Å². The average molecular weight is 632 g/mol. The Labute approximate surface area is 264 Å². The number of urea groups is 1. The molecule has 12 heteroatoms. The normalized spacial score (nSPS) is 20.5. The van der Waals surface area contributed by atoms with Gasteiger partial charge in [0.1, 0.15) is 11.9 Å². The number of aromatic nitrogens is 3. The summed E-state index contributed by atoms with van der Waals surface area (Å²) in [5, 5.41) is 14.9. The maximum absolute atomic E-state index is 13.3. The van der Waals surface area contributed by atoms with Crippen molar-refractivity contribution < 1.29 is 17.9 Å². The Balaban J connectivity index is 1.18. The monoisotopic (exact) mass is 631 g/mol. The second-order valence-electron chi connectivity index (χ2n) is 13.2. The predicted molar refractivity (Wildman–Crippen MR) is 175 cm³/mol. The zero-order valence-corrected chi connectivity index (χ0v) is 27.2. The lowest BCUT2D eigenvalue weighted by molar-refractivity contribution is 0.171. The summed E-state index contributed by atoms with van der Waals surface area (Å²) in [5.74, 6) is 1.67. The van der Waals surface area contributed by atoms with E-state index in [1.165, 1.54) is 0 Å². The Morgan fingerprint density at radius 3 is 2.44 bits per heavy atom. The van der Waals surface area contributed by atoms with Gasteiger partial charge in [0.2, 0.25) is 10.0 Å². The Morgan fingerprint density at radius 2 is 1.73 bits per heavy atom. The van der Waals surface area contributed by atoms with Gasteiger partial charge in [0.25, 0.3) is 0 Å². The lowest BCUT2D eigenvalue weighted by Gasteiger charge is -2.32. The number of nitrogens with zero attached hydrogens (tertiary/aromatic N) is 4. The topological polar surface area (TPSA) is 130 Å². The van der Waals surface area contributed by atoms with Gasteiger partial charge in [-0.25, -0.2) is 13.2 Å². The van der Waals surface area contributed by atoms with Crippen LogP contribution < -0.4 is 20.1 Å². The largest absolute Gasteiger partial charge is 0.484 e. The smallest absolute Gasteiger partial charge is 0.319 e. The van der Waals surface area contributed by atoms with Crippen LogP contribution in [0.3, 0.4) is 0 Å². The van der Waals surface area contributed by atoms with Crippen LogP contribution in [-0.4, -0.2) is 53.8 Å². The zero-order chi connectivity index (χ0) is 31.9.